The molecule has 4 heteroatoms. The molecule has 1 atom stereocenters. The molecule has 1 saturated heterocycles. The van der Waals surface area contributed by atoms with Crippen molar-refractivity contribution in [2.24, 2.45) is 0 Å². The van der Waals surface area contributed by atoms with E-state index in [0.717, 1.165) is 11.4 Å². The highest BCUT2D eigenvalue weighted by molar-refractivity contribution is 7.10. The van der Waals surface area contributed by atoms with Crippen LogP contribution in [0.1, 0.15) is 60.2 Å². The van der Waals surface area contributed by atoms with Crippen LogP contribution in [0.15, 0.2) is 35.7 Å². The number of aromatic amines is 1. The number of fused-ring (bicyclic) bond motifs is 2. The number of nitrogens with zero attached hydrogens (tertiary/aromatic N) is 2. The van der Waals surface area contributed by atoms with Gasteiger partial charge in [-0.05, 0) is 93.2 Å². The largest absolute Gasteiger partial charge is 0.342 e. The minimum Gasteiger partial charge on any atom is -0.342 e. The Morgan fingerprint density at radius 3 is 2.88 bits per heavy atom. The monoisotopic (exact) mass is 365 g/mol. The number of hydrogen-bond acceptors (Lipinski definition) is 3. The van der Waals surface area contributed by atoms with Crippen LogP contribution in [0.2, 0.25) is 0 Å². The maximum absolute atomic E-state index is 4.83. The Labute approximate surface area is 159 Å². The van der Waals surface area contributed by atoms with Gasteiger partial charge in [-0.1, -0.05) is 12.1 Å². The highest BCUT2D eigenvalue weighted by Crippen LogP contribution is 2.37. The molecule has 5 rings (SSSR count). The number of benzene rings is 1. The summed E-state index contributed by atoms with van der Waals surface area (Å²) in [7, 11) is 0. The zero-order valence-electron chi connectivity index (χ0n) is 15.3. The number of piperidine rings is 1. The molecule has 1 aromatic carbocycles. The Morgan fingerprint density at radius 2 is 2.00 bits per heavy atom. The fraction of sp³-hybridized carbons (Fsp3) is 0.500. The zero-order chi connectivity index (χ0) is 17.3. The standard InChI is InChI=1S/C22H27N3S/c1-2-6-20-19(5-1)23-22(24-20)17-9-13-25(14-10-17)12-8-16-4-3-7-21-18(16)11-15-26-21/h1-2,5-6,11,15-17H,3-4,7-10,12-14H2,(H,23,24). The summed E-state index contributed by atoms with van der Waals surface area (Å²) >= 11 is 1.97. The summed E-state index contributed by atoms with van der Waals surface area (Å²) in [4.78, 5) is 12.7. The Bertz CT molecular complexity index is 839. The first-order valence-corrected chi connectivity index (χ1v) is 11.0. The molecule has 0 bridgehead atoms. The fourth-order valence-electron chi connectivity index (χ4n) is 4.82. The van der Waals surface area contributed by atoms with Gasteiger partial charge in [0.25, 0.3) is 0 Å². The van der Waals surface area contributed by atoms with Gasteiger partial charge < -0.3 is 9.88 Å². The van der Waals surface area contributed by atoms with Crippen LogP contribution in [0.4, 0.5) is 0 Å². The first-order valence-electron chi connectivity index (χ1n) is 10.1. The molecule has 3 heterocycles. The van der Waals surface area contributed by atoms with Crippen LogP contribution >= 0.6 is 11.3 Å². The Morgan fingerprint density at radius 1 is 1.12 bits per heavy atom. The summed E-state index contributed by atoms with van der Waals surface area (Å²) in [6.07, 6.45) is 7.87. The Balaban J connectivity index is 1.16. The molecule has 2 aliphatic rings. The summed E-state index contributed by atoms with van der Waals surface area (Å²) < 4.78 is 0. The van der Waals surface area contributed by atoms with Gasteiger partial charge in [0.15, 0.2) is 0 Å². The highest BCUT2D eigenvalue weighted by atomic mass is 32.1. The lowest BCUT2D eigenvalue weighted by Crippen LogP contribution is -2.34. The quantitative estimate of drug-likeness (QED) is 0.679. The molecule has 0 spiro atoms. The topological polar surface area (TPSA) is 31.9 Å². The average Bonchev–Trinajstić information content (AvgIpc) is 3.33. The van der Waals surface area contributed by atoms with E-state index in [0.29, 0.717) is 5.92 Å². The van der Waals surface area contributed by atoms with Crippen LogP contribution in [-0.4, -0.2) is 34.5 Å². The van der Waals surface area contributed by atoms with Crippen molar-refractivity contribution in [3.63, 3.8) is 0 Å². The van der Waals surface area contributed by atoms with Crippen LogP contribution < -0.4 is 0 Å². The van der Waals surface area contributed by atoms with Gasteiger partial charge in [0.1, 0.15) is 5.82 Å². The molecular weight excluding hydrogens is 338 g/mol. The molecule has 0 amide bonds. The normalized spacial score (nSPS) is 21.9. The third kappa shape index (κ3) is 3.21. The van der Waals surface area contributed by atoms with E-state index >= 15 is 0 Å². The molecule has 2 aromatic heterocycles. The van der Waals surface area contributed by atoms with Gasteiger partial charge >= 0.3 is 0 Å². The van der Waals surface area contributed by atoms with Gasteiger partial charge in [0.2, 0.25) is 0 Å². The second-order valence-electron chi connectivity index (χ2n) is 7.93. The number of hydrogen-bond donors (Lipinski definition) is 1. The molecular formula is C22H27N3S. The maximum Gasteiger partial charge on any atom is 0.110 e. The van der Waals surface area contributed by atoms with Crippen LogP contribution in [0.3, 0.4) is 0 Å². The van der Waals surface area contributed by atoms with Crippen LogP contribution in [0.5, 0.6) is 0 Å². The van der Waals surface area contributed by atoms with Crippen molar-refractivity contribution in [2.75, 3.05) is 19.6 Å². The van der Waals surface area contributed by atoms with Crippen molar-refractivity contribution in [3.8, 4) is 0 Å². The lowest BCUT2D eigenvalue weighted by atomic mass is 9.85. The van der Waals surface area contributed by atoms with E-state index in [2.05, 4.69) is 45.6 Å². The number of nitrogens with one attached hydrogen (secondary N) is 1. The fourth-order valence-corrected chi connectivity index (χ4v) is 5.83. The minimum atomic E-state index is 0.594. The number of thiophene rings is 1. The first-order chi connectivity index (χ1) is 12.9. The number of likely N-dealkylation sites (tertiary alicyclic amines) is 1. The van der Waals surface area contributed by atoms with Crippen molar-refractivity contribution >= 4 is 22.4 Å². The summed E-state index contributed by atoms with van der Waals surface area (Å²) in [5.74, 6) is 2.59. The van der Waals surface area contributed by atoms with Gasteiger partial charge in [-0.15, -0.1) is 11.3 Å². The van der Waals surface area contributed by atoms with E-state index in [1.807, 2.05) is 11.3 Å². The maximum atomic E-state index is 4.83. The molecule has 3 nitrogen and oxygen atoms in total. The van der Waals surface area contributed by atoms with E-state index < -0.39 is 0 Å². The van der Waals surface area contributed by atoms with Crippen molar-refractivity contribution in [2.45, 2.75) is 50.4 Å². The van der Waals surface area contributed by atoms with E-state index in [-0.39, 0.29) is 0 Å². The molecule has 1 aliphatic heterocycles. The van der Waals surface area contributed by atoms with Crippen molar-refractivity contribution in [1.82, 2.24) is 14.9 Å². The highest BCUT2D eigenvalue weighted by Gasteiger charge is 2.25. The van der Waals surface area contributed by atoms with E-state index in [1.54, 1.807) is 10.4 Å². The second-order valence-corrected chi connectivity index (χ2v) is 8.93. The second kappa shape index (κ2) is 7.16. The van der Waals surface area contributed by atoms with Crippen LogP contribution in [-0.2, 0) is 6.42 Å². The van der Waals surface area contributed by atoms with E-state index in [9.17, 15) is 0 Å². The summed E-state index contributed by atoms with van der Waals surface area (Å²) in [5.41, 5.74) is 3.95. The number of H-pyrrole nitrogens is 1. The van der Waals surface area contributed by atoms with Gasteiger partial charge in [0, 0.05) is 10.8 Å². The lowest BCUT2D eigenvalue weighted by molar-refractivity contribution is 0.201. The van der Waals surface area contributed by atoms with E-state index in [1.165, 1.54) is 69.5 Å². The smallest absolute Gasteiger partial charge is 0.110 e. The third-order valence-corrected chi connectivity index (χ3v) is 7.35. The van der Waals surface area contributed by atoms with Gasteiger partial charge in [0.05, 0.1) is 11.0 Å². The number of imidazole rings is 1. The SMILES string of the molecule is c1ccc2[nH]c(C3CCN(CCC4CCCc5sccc54)CC3)nc2c1. The van der Waals surface area contributed by atoms with Gasteiger partial charge in [-0.2, -0.15) is 0 Å². The predicted molar refractivity (Wildman–Crippen MR) is 109 cm³/mol. The summed E-state index contributed by atoms with van der Waals surface area (Å²) in [6.45, 7) is 3.68. The van der Waals surface area contributed by atoms with Crippen molar-refractivity contribution in [1.29, 1.82) is 0 Å². The number of aryl methyl sites for hydroxylation is 1. The molecule has 26 heavy (non-hydrogen) atoms. The predicted octanol–water partition coefficient (Wildman–Crippen LogP) is 5.31. The summed E-state index contributed by atoms with van der Waals surface area (Å²) in [5, 5.41) is 2.29. The van der Waals surface area contributed by atoms with Crippen molar-refractivity contribution in [3.05, 3.63) is 52.0 Å². The van der Waals surface area contributed by atoms with Gasteiger partial charge in [-0.25, -0.2) is 4.98 Å². The third-order valence-electron chi connectivity index (χ3n) is 6.35. The van der Waals surface area contributed by atoms with Crippen LogP contribution in [0.25, 0.3) is 11.0 Å². The Hall–Kier alpha value is -1.65. The summed E-state index contributed by atoms with van der Waals surface area (Å²) in [6, 6.07) is 10.8. The molecule has 3 aromatic rings. The van der Waals surface area contributed by atoms with Crippen molar-refractivity contribution < 1.29 is 0 Å². The first kappa shape index (κ1) is 16.5. The number of aromatic nitrogens is 2. The van der Waals surface area contributed by atoms with E-state index in [4.69, 9.17) is 4.98 Å². The average molecular weight is 366 g/mol. The minimum absolute atomic E-state index is 0.594. The lowest BCUT2D eigenvalue weighted by Gasteiger charge is -2.32. The molecule has 1 N–H and O–H groups in total. The molecule has 1 unspecified atom stereocenters. The number of rotatable bonds is 4. The zero-order valence-corrected chi connectivity index (χ0v) is 16.1. The molecule has 1 fully saturated rings. The van der Waals surface area contributed by atoms with Crippen LogP contribution in [0, 0.1) is 0 Å². The Kier molecular flexibility index (Phi) is 4.55. The van der Waals surface area contributed by atoms with Gasteiger partial charge in [-0.3, -0.25) is 0 Å². The molecule has 1 aliphatic carbocycles. The molecule has 0 saturated carbocycles. The molecule has 0 radical (unpaired) electrons. The molecule has 136 valence electrons. The number of para-hydroxylation sites is 2.